The van der Waals surface area contributed by atoms with Gasteiger partial charge in [-0.05, 0) is 13.3 Å². The molecule has 0 aliphatic carbocycles. The van der Waals surface area contributed by atoms with Gasteiger partial charge in [0.05, 0.1) is 12.4 Å². The van der Waals surface area contributed by atoms with Gasteiger partial charge in [-0.1, -0.05) is 13.3 Å². The molecule has 108 valence electrons. The van der Waals surface area contributed by atoms with Crippen molar-refractivity contribution in [3.63, 3.8) is 0 Å². The molecule has 1 aliphatic rings. The highest BCUT2D eigenvalue weighted by atomic mass is 32.2. The van der Waals surface area contributed by atoms with Crippen LogP contribution in [-0.4, -0.2) is 69.3 Å². The molecule has 0 radical (unpaired) electrons. The van der Waals surface area contributed by atoms with Gasteiger partial charge in [0.1, 0.15) is 0 Å². The molecule has 1 saturated heterocycles. The number of sulfonamides is 1. The lowest BCUT2D eigenvalue weighted by molar-refractivity contribution is 0.0766. The summed E-state index contributed by atoms with van der Waals surface area (Å²) in [5, 5.41) is 0. The lowest BCUT2D eigenvalue weighted by Gasteiger charge is -2.37. The Bertz CT molecular complexity index is 324. The van der Waals surface area contributed by atoms with Crippen LogP contribution in [0.1, 0.15) is 26.7 Å². The first kappa shape index (κ1) is 15.9. The molecule has 0 amide bonds. The van der Waals surface area contributed by atoms with Gasteiger partial charge in [-0.15, -0.1) is 0 Å². The predicted molar refractivity (Wildman–Crippen MR) is 73.2 cm³/mol. The molecule has 1 heterocycles. The maximum atomic E-state index is 12.0. The van der Waals surface area contributed by atoms with Crippen LogP contribution in [0.15, 0.2) is 0 Å². The highest BCUT2D eigenvalue weighted by molar-refractivity contribution is 7.89. The quantitative estimate of drug-likeness (QED) is 0.690. The zero-order chi connectivity index (χ0) is 13.6. The Labute approximate surface area is 111 Å². The highest BCUT2D eigenvalue weighted by Gasteiger charge is 2.27. The summed E-state index contributed by atoms with van der Waals surface area (Å²) in [6.45, 7) is 7.65. The highest BCUT2D eigenvalue weighted by Crippen LogP contribution is 2.12. The zero-order valence-corrected chi connectivity index (χ0v) is 12.6. The third-order valence-electron chi connectivity index (χ3n) is 3.45. The average molecular weight is 278 g/mol. The summed E-state index contributed by atoms with van der Waals surface area (Å²) in [6, 6.07) is 0.357. The lowest BCUT2D eigenvalue weighted by Crippen LogP contribution is -2.52. The van der Waals surface area contributed by atoms with Crippen LogP contribution in [-0.2, 0) is 14.8 Å². The molecule has 0 bridgehead atoms. The van der Waals surface area contributed by atoms with E-state index in [9.17, 15) is 8.42 Å². The number of nitrogens with zero attached hydrogens (tertiary/aromatic N) is 2. The van der Waals surface area contributed by atoms with Gasteiger partial charge in [0.2, 0.25) is 10.0 Å². The molecular formula is C12H26N2O3S. The summed E-state index contributed by atoms with van der Waals surface area (Å²) >= 11 is 0. The SMILES string of the molecule is CCCCS(=O)(=O)N1CCN([C@@H](C)COC)CC1. The molecule has 0 N–H and O–H groups in total. The zero-order valence-electron chi connectivity index (χ0n) is 11.8. The molecule has 0 saturated carbocycles. The minimum Gasteiger partial charge on any atom is -0.383 e. The van der Waals surface area contributed by atoms with Crippen LogP contribution < -0.4 is 0 Å². The van der Waals surface area contributed by atoms with Crippen LogP contribution in [0.3, 0.4) is 0 Å². The van der Waals surface area contributed by atoms with Crippen LogP contribution in [0, 0.1) is 0 Å². The van der Waals surface area contributed by atoms with E-state index in [-0.39, 0.29) is 5.75 Å². The summed E-state index contributed by atoms with van der Waals surface area (Å²) in [6.07, 6.45) is 1.67. The van der Waals surface area contributed by atoms with E-state index >= 15 is 0 Å². The Kier molecular flexibility index (Phi) is 6.55. The van der Waals surface area contributed by atoms with Crippen molar-refractivity contribution in [1.29, 1.82) is 0 Å². The van der Waals surface area contributed by atoms with Crippen LogP contribution in [0.25, 0.3) is 0 Å². The van der Waals surface area contributed by atoms with Crippen molar-refractivity contribution in [3.05, 3.63) is 0 Å². The van der Waals surface area contributed by atoms with Crippen molar-refractivity contribution in [3.8, 4) is 0 Å². The van der Waals surface area contributed by atoms with Crippen molar-refractivity contribution < 1.29 is 13.2 Å². The molecule has 0 aromatic heterocycles. The fourth-order valence-electron chi connectivity index (χ4n) is 2.22. The molecule has 5 nitrogen and oxygen atoms in total. The number of piperazine rings is 1. The molecule has 1 fully saturated rings. The maximum Gasteiger partial charge on any atom is 0.214 e. The van der Waals surface area contributed by atoms with Crippen LogP contribution in [0.2, 0.25) is 0 Å². The first-order valence-electron chi connectivity index (χ1n) is 6.72. The van der Waals surface area contributed by atoms with Crippen molar-refractivity contribution in [2.24, 2.45) is 0 Å². The Balaban J connectivity index is 2.43. The monoisotopic (exact) mass is 278 g/mol. The Morgan fingerprint density at radius 3 is 2.33 bits per heavy atom. The Hall–Kier alpha value is -0.170. The average Bonchev–Trinajstić information content (AvgIpc) is 2.37. The second-order valence-corrected chi connectivity index (χ2v) is 7.00. The minimum atomic E-state index is -3.03. The van der Waals surface area contributed by atoms with Gasteiger partial charge in [0.25, 0.3) is 0 Å². The number of hydrogen-bond acceptors (Lipinski definition) is 4. The topological polar surface area (TPSA) is 49.9 Å². The molecule has 1 rings (SSSR count). The predicted octanol–water partition coefficient (Wildman–Crippen LogP) is 0.769. The molecule has 0 unspecified atom stereocenters. The van der Waals surface area contributed by atoms with Crippen LogP contribution in [0.5, 0.6) is 0 Å². The van der Waals surface area contributed by atoms with E-state index < -0.39 is 10.0 Å². The van der Waals surface area contributed by atoms with E-state index in [0.29, 0.717) is 25.7 Å². The molecule has 0 aromatic carbocycles. The number of rotatable bonds is 7. The van der Waals surface area contributed by atoms with E-state index in [1.54, 1.807) is 11.4 Å². The van der Waals surface area contributed by atoms with Gasteiger partial charge < -0.3 is 4.74 Å². The lowest BCUT2D eigenvalue weighted by atomic mass is 10.2. The van der Waals surface area contributed by atoms with Crippen molar-refractivity contribution >= 4 is 10.0 Å². The van der Waals surface area contributed by atoms with E-state index in [4.69, 9.17) is 4.74 Å². The number of ether oxygens (including phenoxy) is 1. The van der Waals surface area contributed by atoms with Crippen LogP contribution >= 0.6 is 0 Å². The molecule has 1 aliphatic heterocycles. The first-order chi connectivity index (χ1) is 8.51. The third-order valence-corrected chi connectivity index (χ3v) is 5.41. The Morgan fingerprint density at radius 2 is 1.83 bits per heavy atom. The largest absolute Gasteiger partial charge is 0.383 e. The second kappa shape index (κ2) is 7.43. The van der Waals surface area contributed by atoms with Gasteiger partial charge in [0.15, 0.2) is 0 Å². The number of hydrogen-bond donors (Lipinski definition) is 0. The summed E-state index contributed by atoms with van der Waals surface area (Å²) in [4.78, 5) is 2.29. The van der Waals surface area contributed by atoms with Gasteiger partial charge in [-0.25, -0.2) is 8.42 Å². The van der Waals surface area contributed by atoms with E-state index in [2.05, 4.69) is 11.8 Å². The molecule has 6 heteroatoms. The number of unbranched alkanes of at least 4 members (excludes halogenated alkanes) is 1. The third kappa shape index (κ3) is 4.50. The summed E-state index contributed by atoms with van der Waals surface area (Å²) in [5.41, 5.74) is 0. The van der Waals surface area contributed by atoms with Gasteiger partial charge in [-0.2, -0.15) is 4.31 Å². The molecule has 0 spiro atoms. The summed E-state index contributed by atoms with van der Waals surface area (Å²) < 4.78 is 30.8. The fourth-order valence-corrected chi connectivity index (χ4v) is 3.86. The molecular weight excluding hydrogens is 252 g/mol. The van der Waals surface area contributed by atoms with Crippen molar-refractivity contribution in [1.82, 2.24) is 9.21 Å². The molecule has 18 heavy (non-hydrogen) atoms. The standard InChI is InChI=1S/C12H26N2O3S/c1-4-5-10-18(15,16)14-8-6-13(7-9-14)12(2)11-17-3/h12H,4-11H2,1-3H3/t12-/m0/s1. The fraction of sp³-hybridized carbons (Fsp3) is 1.00. The number of methoxy groups -OCH3 is 1. The normalized spacial score (nSPS) is 21.1. The minimum absolute atomic E-state index is 0.289. The van der Waals surface area contributed by atoms with E-state index in [0.717, 1.165) is 25.9 Å². The summed E-state index contributed by atoms with van der Waals surface area (Å²) in [5.74, 6) is 0.289. The van der Waals surface area contributed by atoms with E-state index in [1.807, 2.05) is 6.92 Å². The van der Waals surface area contributed by atoms with Crippen molar-refractivity contribution in [2.45, 2.75) is 32.7 Å². The molecule has 0 aromatic rings. The van der Waals surface area contributed by atoms with Crippen LogP contribution in [0.4, 0.5) is 0 Å². The van der Waals surface area contributed by atoms with Gasteiger partial charge in [-0.3, -0.25) is 4.90 Å². The molecule has 1 atom stereocenters. The Morgan fingerprint density at radius 1 is 1.22 bits per heavy atom. The van der Waals surface area contributed by atoms with Crippen molar-refractivity contribution in [2.75, 3.05) is 45.6 Å². The maximum absolute atomic E-state index is 12.0. The van der Waals surface area contributed by atoms with E-state index in [1.165, 1.54) is 0 Å². The van der Waals surface area contributed by atoms with Gasteiger partial charge >= 0.3 is 0 Å². The van der Waals surface area contributed by atoms with Gasteiger partial charge in [0, 0.05) is 39.3 Å². The summed E-state index contributed by atoms with van der Waals surface area (Å²) in [7, 11) is -1.34. The smallest absolute Gasteiger partial charge is 0.214 e. The first-order valence-corrected chi connectivity index (χ1v) is 8.33. The second-order valence-electron chi connectivity index (χ2n) is 4.91.